The lowest BCUT2D eigenvalue weighted by molar-refractivity contribution is 0.414. The maximum atomic E-state index is 6.30. The van der Waals surface area contributed by atoms with Crippen molar-refractivity contribution >= 4 is 0 Å². The van der Waals surface area contributed by atoms with Gasteiger partial charge in [-0.25, -0.2) is 0 Å². The number of ether oxygens (including phenoxy) is 1. The van der Waals surface area contributed by atoms with Gasteiger partial charge < -0.3 is 10.5 Å². The Hall–Kier alpha value is -1.80. The van der Waals surface area contributed by atoms with Crippen LogP contribution in [0, 0.1) is 13.8 Å². The molecule has 0 fully saturated rings. The largest absolute Gasteiger partial charge is 0.497 e. The molecule has 0 saturated carbocycles. The second-order valence-electron chi connectivity index (χ2n) is 5.78. The van der Waals surface area contributed by atoms with Crippen molar-refractivity contribution in [2.24, 2.45) is 5.73 Å². The highest BCUT2D eigenvalue weighted by Crippen LogP contribution is 2.16. The molecular formula is C19H25NO. The quantitative estimate of drug-likeness (QED) is 0.875. The van der Waals surface area contributed by atoms with Crippen molar-refractivity contribution in [1.82, 2.24) is 0 Å². The van der Waals surface area contributed by atoms with Crippen LogP contribution in [-0.2, 0) is 12.8 Å². The number of benzene rings is 2. The van der Waals surface area contributed by atoms with E-state index in [1.807, 2.05) is 12.1 Å². The average molecular weight is 283 g/mol. The zero-order chi connectivity index (χ0) is 15.2. The molecule has 1 unspecified atom stereocenters. The van der Waals surface area contributed by atoms with Gasteiger partial charge in [-0.3, -0.25) is 0 Å². The summed E-state index contributed by atoms with van der Waals surface area (Å²) in [6.45, 7) is 4.29. The lowest BCUT2D eigenvalue weighted by atomic mass is 9.96. The SMILES string of the molecule is COc1ccc(CCC(N)Cc2cc(C)ccc2C)cc1. The van der Waals surface area contributed by atoms with Gasteiger partial charge in [0, 0.05) is 6.04 Å². The molecule has 0 aliphatic carbocycles. The summed E-state index contributed by atoms with van der Waals surface area (Å²) in [5.41, 5.74) is 11.6. The number of aryl methyl sites for hydroxylation is 3. The van der Waals surface area contributed by atoms with Gasteiger partial charge in [-0.2, -0.15) is 0 Å². The summed E-state index contributed by atoms with van der Waals surface area (Å²) in [7, 11) is 1.69. The van der Waals surface area contributed by atoms with Crippen LogP contribution < -0.4 is 10.5 Å². The summed E-state index contributed by atoms with van der Waals surface area (Å²) in [6.07, 6.45) is 2.96. The van der Waals surface area contributed by atoms with E-state index in [1.165, 1.54) is 22.3 Å². The molecule has 2 nitrogen and oxygen atoms in total. The van der Waals surface area contributed by atoms with Crippen molar-refractivity contribution in [3.05, 3.63) is 64.7 Å². The van der Waals surface area contributed by atoms with E-state index in [4.69, 9.17) is 10.5 Å². The summed E-state index contributed by atoms with van der Waals surface area (Å²) in [6, 6.07) is 15.0. The number of hydrogen-bond acceptors (Lipinski definition) is 2. The molecule has 0 aliphatic rings. The van der Waals surface area contributed by atoms with Gasteiger partial charge in [0.05, 0.1) is 7.11 Å². The van der Waals surface area contributed by atoms with E-state index in [0.29, 0.717) is 0 Å². The van der Waals surface area contributed by atoms with Crippen LogP contribution in [0.2, 0.25) is 0 Å². The molecule has 0 heterocycles. The Balaban J connectivity index is 1.89. The van der Waals surface area contributed by atoms with E-state index in [2.05, 4.69) is 44.2 Å². The van der Waals surface area contributed by atoms with Gasteiger partial charge >= 0.3 is 0 Å². The maximum Gasteiger partial charge on any atom is 0.118 e. The van der Waals surface area contributed by atoms with Gasteiger partial charge in [0.25, 0.3) is 0 Å². The second-order valence-corrected chi connectivity index (χ2v) is 5.78. The van der Waals surface area contributed by atoms with Gasteiger partial charge in [0.1, 0.15) is 5.75 Å². The Kier molecular flexibility index (Phi) is 5.40. The third kappa shape index (κ3) is 4.61. The van der Waals surface area contributed by atoms with Crippen LogP contribution >= 0.6 is 0 Å². The zero-order valence-corrected chi connectivity index (χ0v) is 13.2. The molecule has 2 heteroatoms. The second kappa shape index (κ2) is 7.28. The van der Waals surface area contributed by atoms with Crippen LogP contribution in [0.4, 0.5) is 0 Å². The molecule has 21 heavy (non-hydrogen) atoms. The first-order valence-corrected chi connectivity index (χ1v) is 7.53. The first-order chi connectivity index (χ1) is 10.1. The average Bonchev–Trinajstić information content (AvgIpc) is 2.49. The highest BCUT2D eigenvalue weighted by atomic mass is 16.5. The molecule has 0 amide bonds. The Morgan fingerprint density at radius 3 is 2.43 bits per heavy atom. The molecule has 0 radical (unpaired) electrons. The molecule has 112 valence electrons. The third-order valence-corrected chi connectivity index (χ3v) is 3.95. The van der Waals surface area contributed by atoms with E-state index in [-0.39, 0.29) is 6.04 Å². The molecule has 1 atom stereocenters. The van der Waals surface area contributed by atoms with Crippen molar-refractivity contribution in [3.63, 3.8) is 0 Å². The fraction of sp³-hybridized carbons (Fsp3) is 0.368. The maximum absolute atomic E-state index is 6.30. The molecule has 2 N–H and O–H groups in total. The third-order valence-electron chi connectivity index (χ3n) is 3.95. The number of hydrogen-bond donors (Lipinski definition) is 1. The van der Waals surface area contributed by atoms with Crippen molar-refractivity contribution < 1.29 is 4.74 Å². The van der Waals surface area contributed by atoms with E-state index in [9.17, 15) is 0 Å². The highest BCUT2D eigenvalue weighted by molar-refractivity contribution is 5.31. The highest BCUT2D eigenvalue weighted by Gasteiger charge is 2.07. The molecular weight excluding hydrogens is 258 g/mol. The Labute approximate surface area is 127 Å². The van der Waals surface area contributed by atoms with Crippen molar-refractivity contribution in [2.75, 3.05) is 7.11 Å². The van der Waals surface area contributed by atoms with Crippen molar-refractivity contribution in [3.8, 4) is 5.75 Å². The van der Waals surface area contributed by atoms with E-state index in [1.54, 1.807) is 7.11 Å². The first kappa shape index (κ1) is 15.6. The van der Waals surface area contributed by atoms with E-state index < -0.39 is 0 Å². The first-order valence-electron chi connectivity index (χ1n) is 7.53. The van der Waals surface area contributed by atoms with Gasteiger partial charge in [-0.1, -0.05) is 35.9 Å². The van der Waals surface area contributed by atoms with Gasteiger partial charge in [-0.15, -0.1) is 0 Å². The summed E-state index contributed by atoms with van der Waals surface area (Å²) >= 11 is 0. The van der Waals surface area contributed by atoms with E-state index >= 15 is 0 Å². The van der Waals surface area contributed by atoms with Gasteiger partial charge in [-0.05, 0) is 61.9 Å². The molecule has 2 aromatic rings. The van der Waals surface area contributed by atoms with Crippen LogP contribution in [0.3, 0.4) is 0 Å². The summed E-state index contributed by atoms with van der Waals surface area (Å²) in [5, 5.41) is 0. The summed E-state index contributed by atoms with van der Waals surface area (Å²) in [4.78, 5) is 0. The summed E-state index contributed by atoms with van der Waals surface area (Å²) < 4.78 is 5.17. The molecule has 0 spiro atoms. The predicted molar refractivity (Wildman–Crippen MR) is 88.9 cm³/mol. The number of rotatable bonds is 6. The zero-order valence-electron chi connectivity index (χ0n) is 13.2. The van der Waals surface area contributed by atoms with Crippen LogP contribution in [0.25, 0.3) is 0 Å². The lowest BCUT2D eigenvalue weighted by Crippen LogP contribution is -2.24. The van der Waals surface area contributed by atoms with Crippen LogP contribution in [0.15, 0.2) is 42.5 Å². The smallest absolute Gasteiger partial charge is 0.118 e. The minimum atomic E-state index is 0.201. The van der Waals surface area contributed by atoms with Gasteiger partial charge in [0.15, 0.2) is 0 Å². The number of nitrogens with two attached hydrogens (primary N) is 1. The minimum absolute atomic E-state index is 0.201. The molecule has 0 bridgehead atoms. The topological polar surface area (TPSA) is 35.2 Å². The molecule has 0 aromatic heterocycles. The Morgan fingerprint density at radius 2 is 1.76 bits per heavy atom. The number of methoxy groups -OCH3 is 1. The van der Waals surface area contributed by atoms with Gasteiger partial charge in [0.2, 0.25) is 0 Å². The van der Waals surface area contributed by atoms with Crippen LogP contribution in [0.1, 0.15) is 28.7 Å². The summed E-state index contributed by atoms with van der Waals surface area (Å²) in [5.74, 6) is 0.901. The Bertz CT molecular complexity index is 575. The molecule has 2 aromatic carbocycles. The van der Waals surface area contributed by atoms with Crippen LogP contribution in [-0.4, -0.2) is 13.2 Å². The fourth-order valence-electron chi connectivity index (χ4n) is 2.55. The lowest BCUT2D eigenvalue weighted by Gasteiger charge is -2.14. The van der Waals surface area contributed by atoms with Crippen molar-refractivity contribution in [2.45, 2.75) is 39.2 Å². The molecule has 0 saturated heterocycles. The monoisotopic (exact) mass is 283 g/mol. The molecule has 0 aliphatic heterocycles. The van der Waals surface area contributed by atoms with E-state index in [0.717, 1.165) is 25.0 Å². The Morgan fingerprint density at radius 1 is 1.05 bits per heavy atom. The van der Waals surface area contributed by atoms with Crippen LogP contribution in [0.5, 0.6) is 5.75 Å². The standard InChI is InChI=1S/C19H25NO/c1-14-4-5-15(2)17(12-14)13-18(20)9-6-16-7-10-19(21-3)11-8-16/h4-5,7-8,10-12,18H,6,9,13,20H2,1-3H3. The van der Waals surface area contributed by atoms with Crippen molar-refractivity contribution in [1.29, 1.82) is 0 Å². The normalized spacial score (nSPS) is 12.2. The molecule has 2 rings (SSSR count). The minimum Gasteiger partial charge on any atom is -0.497 e. The predicted octanol–water partition coefficient (Wildman–Crippen LogP) is 3.81. The fourth-order valence-corrected chi connectivity index (χ4v) is 2.55.